The number of para-hydroxylation sites is 1. The normalized spacial score (nSPS) is 15.8. The SMILES string of the molecule is CCC(c1ccc(O)c(NC(=O)CCC(P(=O)(O)O)P(=O)(O)O)c1)C(CC)c1ccccc1OC(=O)CCC1CCCC1. The number of phenols is 1. The van der Waals surface area contributed by atoms with Crippen LogP contribution in [0.5, 0.6) is 11.5 Å². The first-order valence-electron chi connectivity index (χ1n) is 14.8. The lowest BCUT2D eigenvalue weighted by molar-refractivity contribution is -0.134. The summed E-state index contributed by atoms with van der Waals surface area (Å²) >= 11 is 0. The molecule has 2 atom stereocenters. The average Bonchev–Trinajstić information content (AvgIpc) is 3.45. The van der Waals surface area contributed by atoms with Crippen molar-refractivity contribution in [3.8, 4) is 11.5 Å². The minimum atomic E-state index is -5.16. The molecule has 0 spiro atoms. The van der Waals surface area contributed by atoms with Crippen molar-refractivity contribution >= 4 is 32.8 Å². The molecular formula is C30H43NO10P2. The number of hydrogen-bond donors (Lipinski definition) is 6. The number of carbonyl (C=O) groups excluding carboxylic acids is 2. The van der Waals surface area contributed by atoms with Gasteiger partial charge in [-0.3, -0.25) is 18.7 Å². The van der Waals surface area contributed by atoms with Gasteiger partial charge in [-0.25, -0.2) is 0 Å². The van der Waals surface area contributed by atoms with Crippen LogP contribution in [0.15, 0.2) is 42.5 Å². The van der Waals surface area contributed by atoms with E-state index in [9.17, 15) is 43.4 Å². The van der Waals surface area contributed by atoms with Crippen molar-refractivity contribution in [1.29, 1.82) is 0 Å². The van der Waals surface area contributed by atoms with E-state index in [1.165, 1.54) is 18.9 Å². The van der Waals surface area contributed by atoms with E-state index in [1.807, 2.05) is 32.0 Å². The Balaban J connectivity index is 1.77. The van der Waals surface area contributed by atoms with Gasteiger partial charge in [-0.2, -0.15) is 0 Å². The summed E-state index contributed by atoms with van der Waals surface area (Å²) in [6, 6.07) is 12.3. The molecule has 1 amide bonds. The standard InChI is InChI=1S/C30H43NO10P2/c1-3-22(23(4-2)24-11-7-8-12-27(24)41-29(34)17-13-20-9-5-6-10-20)21-14-15-26(32)25(19-21)31-28(33)16-18-30(42(35,36)37)43(38,39)40/h7-8,11-12,14-15,19-20,22-23,30,32H,3-6,9-10,13,16-18H2,1-2H3,(H,31,33)(H2,35,36,37)(H2,38,39,40). The molecule has 238 valence electrons. The molecule has 3 rings (SSSR count). The highest BCUT2D eigenvalue weighted by Gasteiger charge is 2.43. The molecule has 13 heteroatoms. The zero-order valence-corrected chi connectivity index (χ0v) is 26.4. The molecule has 1 aliphatic carbocycles. The molecule has 1 aliphatic rings. The Morgan fingerprint density at radius 3 is 2.16 bits per heavy atom. The highest BCUT2D eigenvalue weighted by Crippen LogP contribution is 2.61. The van der Waals surface area contributed by atoms with Crippen molar-refractivity contribution in [3.05, 3.63) is 53.6 Å². The number of amides is 1. The summed E-state index contributed by atoms with van der Waals surface area (Å²) in [6.45, 7) is 4.05. The number of rotatable bonds is 15. The van der Waals surface area contributed by atoms with Crippen LogP contribution in [0.4, 0.5) is 5.69 Å². The zero-order valence-electron chi connectivity index (χ0n) is 24.6. The van der Waals surface area contributed by atoms with Crippen molar-refractivity contribution in [1.82, 2.24) is 0 Å². The Morgan fingerprint density at radius 2 is 1.56 bits per heavy atom. The smallest absolute Gasteiger partial charge is 0.340 e. The van der Waals surface area contributed by atoms with Crippen molar-refractivity contribution < 1.29 is 48.1 Å². The second-order valence-corrected chi connectivity index (χ2v) is 15.3. The maximum absolute atomic E-state index is 12.8. The topological polar surface area (TPSA) is 191 Å². The number of esters is 1. The van der Waals surface area contributed by atoms with Crippen LogP contribution in [0.1, 0.15) is 101 Å². The van der Waals surface area contributed by atoms with E-state index < -0.39 is 39.3 Å². The van der Waals surface area contributed by atoms with E-state index in [1.54, 1.807) is 18.2 Å². The van der Waals surface area contributed by atoms with Gasteiger partial charge in [0.2, 0.25) is 5.91 Å². The van der Waals surface area contributed by atoms with Crippen LogP contribution in [-0.4, -0.2) is 42.0 Å². The van der Waals surface area contributed by atoms with Crippen LogP contribution in [-0.2, 0) is 18.7 Å². The Morgan fingerprint density at radius 1 is 0.930 bits per heavy atom. The molecular weight excluding hydrogens is 596 g/mol. The van der Waals surface area contributed by atoms with Crippen molar-refractivity contribution in [2.45, 2.75) is 95.3 Å². The zero-order chi connectivity index (χ0) is 31.8. The Hall–Kier alpha value is -2.52. The molecule has 0 bridgehead atoms. The van der Waals surface area contributed by atoms with Gasteiger partial charge in [-0.15, -0.1) is 0 Å². The summed E-state index contributed by atoms with van der Waals surface area (Å²) in [5.74, 6) is -0.318. The highest BCUT2D eigenvalue weighted by molar-refractivity contribution is 7.70. The minimum Gasteiger partial charge on any atom is -0.506 e. The van der Waals surface area contributed by atoms with Gasteiger partial charge in [0, 0.05) is 12.8 Å². The second kappa shape index (κ2) is 15.5. The largest absolute Gasteiger partial charge is 0.506 e. The van der Waals surface area contributed by atoms with Crippen LogP contribution < -0.4 is 10.1 Å². The maximum Gasteiger partial charge on any atom is 0.340 e. The molecule has 11 nitrogen and oxygen atoms in total. The molecule has 2 unspecified atom stereocenters. The quantitative estimate of drug-likeness (QED) is 0.0554. The first kappa shape index (κ1) is 35.0. The fourth-order valence-electron chi connectivity index (χ4n) is 6.04. The van der Waals surface area contributed by atoms with E-state index in [2.05, 4.69) is 5.32 Å². The molecule has 0 saturated heterocycles. The lowest BCUT2D eigenvalue weighted by Crippen LogP contribution is -2.17. The van der Waals surface area contributed by atoms with Gasteiger partial charge in [0.25, 0.3) is 0 Å². The molecule has 6 N–H and O–H groups in total. The third-order valence-electron chi connectivity index (χ3n) is 8.27. The monoisotopic (exact) mass is 639 g/mol. The lowest BCUT2D eigenvalue weighted by Gasteiger charge is -2.28. The van der Waals surface area contributed by atoms with Gasteiger partial charge in [0.05, 0.1) is 5.69 Å². The van der Waals surface area contributed by atoms with Crippen molar-refractivity contribution in [2.75, 3.05) is 5.32 Å². The summed E-state index contributed by atoms with van der Waals surface area (Å²) in [4.78, 5) is 62.6. The minimum absolute atomic E-state index is 0.0614. The van der Waals surface area contributed by atoms with Crippen molar-refractivity contribution in [2.24, 2.45) is 5.92 Å². The molecule has 0 heterocycles. The summed E-state index contributed by atoms with van der Waals surface area (Å²) in [6.07, 6.45) is 6.04. The third kappa shape index (κ3) is 10.00. The van der Waals surface area contributed by atoms with Gasteiger partial charge in [0.1, 0.15) is 11.5 Å². The predicted molar refractivity (Wildman–Crippen MR) is 163 cm³/mol. The van der Waals surface area contributed by atoms with Gasteiger partial charge in [-0.05, 0) is 72.8 Å². The van der Waals surface area contributed by atoms with E-state index in [0.717, 1.165) is 30.4 Å². The first-order chi connectivity index (χ1) is 20.2. The second-order valence-electron chi connectivity index (χ2n) is 11.3. The fourth-order valence-corrected chi connectivity index (χ4v) is 8.54. The predicted octanol–water partition coefficient (Wildman–Crippen LogP) is 6.36. The summed E-state index contributed by atoms with van der Waals surface area (Å²) in [7, 11) is -10.3. The number of phenolic OH excluding ortho intramolecular Hbond substituents is 1. The highest BCUT2D eigenvalue weighted by atomic mass is 31.2. The first-order valence-corrected chi connectivity index (χ1v) is 18.1. The van der Waals surface area contributed by atoms with Gasteiger partial charge in [-0.1, -0.05) is 63.8 Å². The molecule has 0 aliphatic heterocycles. The average molecular weight is 640 g/mol. The Kier molecular flexibility index (Phi) is 12.6. The Bertz CT molecular complexity index is 1330. The molecule has 1 fully saturated rings. The van der Waals surface area contributed by atoms with Crippen LogP contribution in [0.3, 0.4) is 0 Å². The number of aromatic hydroxyl groups is 1. The number of hydrogen-bond acceptors (Lipinski definition) is 6. The third-order valence-corrected chi connectivity index (χ3v) is 12.1. The van der Waals surface area contributed by atoms with E-state index in [0.29, 0.717) is 30.9 Å². The summed E-state index contributed by atoms with van der Waals surface area (Å²) < 4.78 is 28.9. The van der Waals surface area contributed by atoms with E-state index in [-0.39, 0.29) is 29.2 Å². The van der Waals surface area contributed by atoms with Crippen molar-refractivity contribution in [3.63, 3.8) is 0 Å². The number of benzene rings is 2. The molecule has 2 aromatic rings. The molecule has 2 aromatic carbocycles. The maximum atomic E-state index is 12.8. The lowest BCUT2D eigenvalue weighted by atomic mass is 9.78. The Labute approximate surface area is 252 Å². The van der Waals surface area contributed by atoms with E-state index >= 15 is 0 Å². The van der Waals surface area contributed by atoms with E-state index in [4.69, 9.17) is 4.74 Å². The summed E-state index contributed by atoms with van der Waals surface area (Å²) in [5, 5.41) is 10.6. The number of ether oxygens (including phenoxy) is 1. The van der Waals surface area contributed by atoms with Gasteiger partial charge < -0.3 is 34.7 Å². The molecule has 0 aromatic heterocycles. The number of nitrogens with one attached hydrogen (secondary N) is 1. The number of anilines is 1. The van der Waals surface area contributed by atoms with Gasteiger partial charge in [0.15, 0.2) is 5.40 Å². The van der Waals surface area contributed by atoms with Crippen LogP contribution in [0, 0.1) is 5.92 Å². The molecule has 43 heavy (non-hydrogen) atoms. The summed E-state index contributed by atoms with van der Waals surface area (Å²) in [5.41, 5.74) is 1.74. The molecule has 0 radical (unpaired) electrons. The molecule has 1 saturated carbocycles. The van der Waals surface area contributed by atoms with Crippen LogP contribution in [0.25, 0.3) is 0 Å². The van der Waals surface area contributed by atoms with Gasteiger partial charge >= 0.3 is 21.2 Å². The van der Waals surface area contributed by atoms with Crippen LogP contribution >= 0.6 is 15.2 Å². The van der Waals surface area contributed by atoms with Crippen LogP contribution in [0.2, 0.25) is 0 Å². The number of carbonyl (C=O) groups is 2. The fraction of sp³-hybridized carbons (Fsp3) is 0.533.